The van der Waals surface area contributed by atoms with E-state index in [1.807, 2.05) is 6.92 Å². The lowest BCUT2D eigenvalue weighted by Gasteiger charge is -2.31. The fraction of sp³-hybridized carbons (Fsp3) is 0.636. The third-order valence-corrected chi connectivity index (χ3v) is 2.90. The predicted molar refractivity (Wildman–Crippen MR) is 63.7 cm³/mol. The molecule has 1 aromatic rings. The van der Waals surface area contributed by atoms with Crippen molar-refractivity contribution in [2.24, 2.45) is 5.73 Å². The highest BCUT2D eigenvalue weighted by Crippen LogP contribution is 2.14. The molecule has 0 aliphatic carbocycles. The minimum atomic E-state index is -0.0824. The molecule has 0 unspecified atom stereocenters. The maximum absolute atomic E-state index is 11.4. The van der Waals surface area contributed by atoms with Gasteiger partial charge in [0.05, 0.1) is 0 Å². The number of nitrogens with zero attached hydrogens (tertiary/aromatic N) is 2. The smallest absolute Gasteiger partial charge is 0.252 e. The summed E-state index contributed by atoms with van der Waals surface area (Å²) in [5.41, 5.74) is 6.66. The number of rotatable bonds is 2. The van der Waals surface area contributed by atoms with Crippen molar-refractivity contribution in [3.8, 4) is 0 Å². The second-order valence-corrected chi connectivity index (χ2v) is 4.26. The second-order valence-electron chi connectivity index (χ2n) is 4.26. The second kappa shape index (κ2) is 4.65. The summed E-state index contributed by atoms with van der Waals surface area (Å²) in [6.45, 7) is 3.69. The Morgan fingerprint density at radius 2 is 2.50 bits per heavy atom. The summed E-state index contributed by atoms with van der Waals surface area (Å²) in [6.07, 6.45) is 2.88. The number of hydrogen-bond donors (Lipinski definition) is 2. The minimum Gasteiger partial charge on any atom is -0.341 e. The first-order valence-corrected chi connectivity index (χ1v) is 5.80. The van der Waals surface area contributed by atoms with Crippen LogP contribution >= 0.6 is 0 Å². The van der Waals surface area contributed by atoms with E-state index in [4.69, 9.17) is 5.73 Å². The van der Waals surface area contributed by atoms with Crippen molar-refractivity contribution in [2.45, 2.75) is 32.2 Å². The van der Waals surface area contributed by atoms with E-state index in [2.05, 4.69) is 14.9 Å². The van der Waals surface area contributed by atoms with Crippen LogP contribution in [-0.2, 0) is 6.42 Å². The van der Waals surface area contributed by atoms with Crippen molar-refractivity contribution in [1.29, 1.82) is 0 Å². The van der Waals surface area contributed by atoms with Gasteiger partial charge in [0.15, 0.2) is 0 Å². The molecular weight excluding hydrogens is 204 g/mol. The van der Waals surface area contributed by atoms with E-state index in [1.165, 1.54) is 0 Å². The van der Waals surface area contributed by atoms with Gasteiger partial charge in [0.25, 0.3) is 5.56 Å². The number of H-pyrrole nitrogens is 1. The van der Waals surface area contributed by atoms with Crippen molar-refractivity contribution in [3.63, 3.8) is 0 Å². The molecule has 0 spiro atoms. The van der Waals surface area contributed by atoms with Crippen LogP contribution in [0.25, 0.3) is 0 Å². The first-order valence-electron chi connectivity index (χ1n) is 5.80. The van der Waals surface area contributed by atoms with E-state index >= 15 is 0 Å². The zero-order chi connectivity index (χ0) is 11.5. The van der Waals surface area contributed by atoms with Crippen LogP contribution < -0.4 is 16.2 Å². The molecule has 1 fully saturated rings. The van der Waals surface area contributed by atoms with Gasteiger partial charge in [-0.05, 0) is 19.3 Å². The molecule has 1 aromatic heterocycles. The monoisotopic (exact) mass is 222 g/mol. The summed E-state index contributed by atoms with van der Waals surface area (Å²) in [4.78, 5) is 20.7. The quantitative estimate of drug-likeness (QED) is 0.752. The largest absolute Gasteiger partial charge is 0.341 e. The molecule has 16 heavy (non-hydrogen) atoms. The Hall–Kier alpha value is -1.36. The Morgan fingerprint density at radius 3 is 3.19 bits per heavy atom. The van der Waals surface area contributed by atoms with E-state index in [0.29, 0.717) is 5.95 Å². The molecule has 0 saturated carbocycles. The number of anilines is 1. The molecule has 0 aromatic carbocycles. The van der Waals surface area contributed by atoms with Gasteiger partial charge in [-0.3, -0.25) is 9.78 Å². The Bertz CT molecular complexity index is 415. The van der Waals surface area contributed by atoms with Crippen LogP contribution in [0.15, 0.2) is 10.9 Å². The standard InChI is InChI=1S/C11H18N4O/c1-2-9-6-10(16)14-11(13-9)15-5-3-4-8(12)7-15/h6,8H,2-5,7,12H2,1H3,(H,13,14,16)/t8-/m0/s1. The topological polar surface area (TPSA) is 75.0 Å². The lowest BCUT2D eigenvalue weighted by molar-refractivity contribution is 0.499. The van der Waals surface area contributed by atoms with E-state index in [9.17, 15) is 4.79 Å². The maximum Gasteiger partial charge on any atom is 0.252 e. The molecule has 0 amide bonds. The molecule has 1 saturated heterocycles. The molecule has 88 valence electrons. The van der Waals surface area contributed by atoms with Gasteiger partial charge in [-0.1, -0.05) is 6.92 Å². The third kappa shape index (κ3) is 2.41. The maximum atomic E-state index is 11.4. The highest BCUT2D eigenvalue weighted by molar-refractivity contribution is 5.31. The van der Waals surface area contributed by atoms with E-state index in [1.54, 1.807) is 6.07 Å². The Kier molecular flexibility index (Phi) is 3.24. The summed E-state index contributed by atoms with van der Waals surface area (Å²) >= 11 is 0. The number of nitrogens with two attached hydrogens (primary N) is 1. The SMILES string of the molecule is CCc1cc(=O)[nH]c(N2CCC[C@H](N)C2)n1. The van der Waals surface area contributed by atoms with E-state index in [0.717, 1.165) is 38.0 Å². The van der Waals surface area contributed by atoms with Crippen LogP contribution in [0.4, 0.5) is 5.95 Å². The van der Waals surface area contributed by atoms with Gasteiger partial charge >= 0.3 is 0 Å². The van der Waals surface area contributed by atoms with Crippen LogP contribution in [-0.4, -0.2) is 29.1 Å². The van der Waals surface area contributed by atoms with Gasteiger partial charge < -0.3 is 10.6 Å². The molecule has 5 nitrogen and oxygen atoms in total. The number of aromatic amines is 1. The molecule has 5 heteroatoms. The van der Waals surface area contributed by atoms with Gasteiger partial charge in [0, 0.05) is 30.9 Å². The van der Waals surface area contributed by atoms with Crippen molar-refractivity contribution < 1.29 is 0 Å². The molecular formula is C11H18N4O. The predicted octanol–water partition coefficient (Wildman–Crippen LogP) is 0.260. The molecule has 1 aliphatic heterocycles. The number of nitrogens with one attached hydrogen (secondary N) is 1. The zero-order valence-electron chi connectivity index (χ0n) is 9.57. The highest BCUT2D eigenvalue weighted by Gasteiger charge is 2.18. The van der Waals surface area contributed by atoms with E-state index < -0.39 is 0 Å². The number of aryl methyl sites for hydroxylation is 1. The Balaban J connectivity index is 2.25. The summed E-state index contributed by atoms with van der Waals surface area (Å²) in [5, 5.41) is 0. The molecule has 2 rings (SSSR count). The van der Waals surface area contributed by atoms with Crippen LogP contribution in [0.2, 0.25) is 0 Å². The first kappa shape index (κ1) is 11.1. The van der Waals surface area contributed by atoms with Gasteiger partial charge in [-0.15, -0.1) is 0 Å². The van der Waals surface area contributed by atoms with Crippen molar-refractivity contribution >= 4 is 5.95 Å². The highest BCUT2D eigenvalue weighted by atomic mass is 16.1. The lowest BCUT2D eigenvalue weighted by atomic mass is 10.1. The summed E-state index contributed by atoms with van der Waals surface area (Å²) in [5.74, 6) is 0.666. The van der Waals surface area contributed by atoms with Gasteiger partial charge in [-0.2, -0.15) is 0 Å². The van der Waals surface area contributed by atoms with Crippen LogP contribution in [0.3, 0.4) is 0 Å². The average molecular weight is 222 g/mol. The van der Waals surface area contributed by atoms with Crippen LogP contribution in [0, 0.1) is 0 Å². The van der Waals surface area contributed by atoms with Gasteiger partial charge in [0.1, 0.15) is 0 Å². The molecule has 0 bridgehead atoms. The molecule has 3 N–H and O–H groups in total. The Morgan fingerprint density at radius 1 is 1.69 bits per heavy atom. The van der Waals surface area contributed by atoms with E-state index in [-0.39, 0.29) is 11.6 Å². The number of hydrogen-bond acceptors (Lipinski definition) is 4. The zero-order valence-corrected chi connectivity index (χ0v) is 9.57. The summed E-state index contributed by atoms with van der Waals surface area (Å²) in [6, 6.07) is 1.73. The van der Waals surface area contributed by atoms with Crippen molar-refractivity contribution in [3.05, 3.63) is 22.1 Å². The van der Waals surface area contributed by atoms with Crippen molar-refractivity contribution in [2.75, 3.05) is 18.0 Å². The summed E-state index contributed by atoms with van der Waals surface area (Å²) in [7, 11) is 0. The van der Waals surface area contributed by atoms with Crippen molar-refractivity contribution in [1.82, 2.24) is 9.97 Å². The van der Waals surface area contributed by atoms with Crippen LogP contribution in [0.5, 0.6) is 0 Å². The number of aromatic nitrogens is 2. The fourth-order valence-corrected chi connectivity index (χ4v) is 2.03. The normalized spacial score (nSPS) is 21.1. The molecule has 1 atom stereocenters. The lowest BCUT2D eigenvalue weighted by Crippen LogP contribution is -2.44. The van der Waals surface area contributed by atoms with Gasteiger partial charge in [0.2, 0.25) is 5.95 Å². The number of piperidine rings is 1. The molecule has 2 heterocycles. The summed E-state index contributed by atoms with van der Waals surface area (Å²) < 4.78 is 0. The van der Waals surface area contributed by atoms with Crippen LogP contribution in [0.1, 0.15) is 25.5 Å². The minimum absolute atomic E-state index is 0.0824. The van der Waals surface area contributed by atoms with Gasteiger partial charge in [-0.25, -0.2) is 4.98 Å². The Labute approximate surface area is 94.7 Å². The average Bonchev–Trinajstić information content (AvgIpc) is 2.28. The fourth-order valence-electron chi connectivity index (χ4n) is 2.03. The first-order chi connectivity index (χ1) is 7.69. The molecule has 0 radical (unpaired) electrons. The molecule has 1 aliphatic rings. The third-order valence-electron chi connectivity index (χ3n) is 2.90.